The fourth-order valence-electron chi connectivity index (χ4n) is 2.61. The zero-order chi connectivity index (χ0) is 20.4. The third kappa shape index (κ3) is 4.95. The molecule has 2 rings (SSSR count). The number of esters is 1. The lowest BCUT2D eigenvalue weighted by molar-refractivity contribution is -0.124. The van der Waals surface area contributed by atoms with Crippen molar-refractivity contribution in [2.24, 2.45) is 5.14 Å². The number of carbonyl (C=O) groups is 2. The number of carbonyl (C=O) groups excluding carboxylic acids is 2. The normalized spacial score (nSPS) is 12.5. The van der Waals surface area contributed by atoms with Crippen molar-refractivity contribution in [3.63, 3.8) is 0 Å². The predicted octanol–water partition coefficient (Wildman–Crippen LogP) is 1.89. The average Bonchev–Trinajstić information content (AvgIpc) is 2.84. The van der Waals surface area contributed by atoms with E-state index in [9.17, 15) is 18.0 Å². The van der Waals surface area contributed by atoms with E-state index in [0.717, 1.165) is 0 Å². The Bertz CT molecular complexity index is 960. The summed E-state index contributed by atoms with van der Waals surface area (Å²) in [6.07, 6.45) is 0. The van der Waals surface area contributed by atoms with E-state index < -0.39 is 34.5 Å². The number of nitrogens with two attached hydrogens (primary N) is 1. The van der Waals surface area contributed by atoms with Gasteiger partial charge in [0.05, 0.1) is 10.9 Å². The predicted molar refractivity (Wildman–Crippen MR) is 97.6 cm³/mol. The van der Waals surface area contributed by atoms with E-state index in [0.29, 0.717) is 28.2 Å². The van der Waals surface area contributed by atoms with Gasteiger partial charge in [-0.1, -0.05) is 12.1 Å². The van der Waals surface area contributed by atoms with Crippen LogP contribution in [0.2, 0.25) is 0 Å². The zero-order valence-electron chi connectivity index (χ0n) is 15.5. The molecule has 0 aliphatic carbocycles. The SMILES string of the molecule is Cc1oc(C)c(C(=O)OCC(=O)N[C@@H](C)c2ccc(S(N)(=O)=O)cc2)c1C. The first-order valence-electron chi connectivity index (χ1n) is 8.16. The lowest BCUT2D eigenvalue weighted by atomic mass is 10.1. The molecule has 8 nitrogen and oxygen atoms in total. The summed E-state index contributed by atoms with van der Waals surface area (Å²) in [5.41, 5.74) is 1.69. The van der Waals surface area contributed by atoms with Crippen LogP contribution in [0.3, 0.4) is 0 Å². The second-order valence-electron chi connectivity index (χ2n) is 6.19. The highest BCUT2D eigenvalue weighted by Crippen LogP contribution is 2.21. The van der Waals surface area contributed by atoms with Crippen LogP contribution < -0.4 is 10.5 Å². The number of hydrogen-bond acceptors (Lipinski definition) is 6. The van der Waals surface area contributed by atoms with Gasteiger partial charge in [0.1, 0.15) is 17.1 Å². The van der Waals surface area contributed by atoms with Crippen molar-refractivity contribution in [2.45, 2.75) is 38.6 Å². The van der Waals surface area contributed by atoms with Gasteiger partial charge in [0.15, 0.2) is 6.61 Å². The molecule has 0 spiro atoms. The van der Waals surface area contributed by atoms with Crippen LogP contribution in [0.5, 0.6) is 0 Å². The maximum atomic E-state index is 12.2. The highest BCUT2D eigenvalue weighted by Gasteiger charge is 2.21. The van der Waals surface area contributed by atoms with Gasteiger partial charge in [-0.3, -0.25) is 4.79 Å². The van der Waals surface area contributed by atoms with Gasteiger partial charge in [-0.15, -0.1) is 0 Å². The Labute approximate surface area is 157 Å². The number of hydrogen-bond donors (Lipinski definition) is 2. The van der Waals surface area contributed by atoms with Crippen LogP contribution >= 0.6 is 0 Å². The van der Waals surface area contributed by atoms with E-state index in [2.05, 4.69) is 5.32 Å². The van der Waals surface area contributed by atoms with Crippen molar-refractivity contribution >= 4 is 21.9 Å². The number of furan rings is 1. The molecular formula is C18H22N2O6S. The molecule has 1 amide bonds. The molecule has 9 heteroatoms. The van der Waals surface area contributed by atoms with E-state index in [1.54, 1.807) is 39.8 Å². The van der Waals surface area contributed by atoms with Gasteiger partial charge in [-0.2, -0.15) is 0 Å². The van der Waals surface area contributed by atoms with Crippen LogP contribution in [0.1, 0.15) is 46.0 Å². The summed E-state index contributed by atoms with van der Waals surface area (Å²) in [6, 6.07) is 5.42. The van der Waals surface area contributed by atoms with E-state index in [1.165, 1.54) is 12.1 Å². The quantitative estimate of drug-likeness (QED) is 0.720. The maximum absolute atomic E-state index is 12.2. The Kier molecular flexibility index (Phi) is 6.07. The summed E-state index contributed by atoms with van der Waals surface area (Å²) >= 11 is 0. The summed E-state index contributed by atoms with van der Waals surface area (Å²) in [5.74, 6) is -0.0387. The first kappa shape index (κ1) is 20.7. The largest absolute Gasteiger partial charge is 0.465 e. The lowest BCUT2D eigenvalue weighted by Crippen LogP contribution is -2.31. The molecule has 0 saturated heterocycles. The van der Waals surface area contributed by atoms with Gasteiger partial charge in [0, 0.05) is 5.56 Å². The number of rotatable bonds is 6. The third-order valence-electron chi connectivity index (χ3n) is 4.19. The molecular weight excluding hydrogens is 372 g/mol. The fourth-order valence-corrected chi connectivity index (χ4v) is 3.13. The Morgan fingerprint density at radius 2 is 1.74 bits per heavy atom. The highest BCUT2D eigenvalue weighted by atomic mass is 32.2. The molecule has 146 valence electrons. The number of aryl methyl sites for hydroxylation is 2. The second kappa shape index (κ2) is 7.93. The third-order valence-corrected chi connectivity index (χ3v) is 5.12. The smallest absolute Gasteiger partial charge is 0.342 e. The van der Waals surface area contributed by atoms with Crippen LogP contribution in [-0.4, -0.2) is 26.9 Å². The molecule has 0 radical (unpaired) electrons. The minimum Gasteiger partial charge on any atom is -0.465 e. The molecule has 1 heterocycles. The first-order chi connectivity index (χ1) is 12.5. The summed E-state index contributed by atoms with van der Waals surface area (Å²) in [5, 5.41) is 7.72. The number of nitrogens with one attached hydrogen (secondary N) is 1. The van der Waals surface area contributed by atoms with Crippen LogP contribution in [0.25, 0.3) is 0 Å². The number of primary sulfonamides is 1. The minimum atomic E-state index is -3.77. The molecule has 0 fully saturated rings. The average molecular weight is 394 g/mol. The summed E-state index contributed by atoms with van der Waals surface area (Å²) in [6.45, 7) is 6.43. The molecule has 0 unspecified atom stereocenters. The second-order valence-corrected chi connectivity index (χ2v) is 7.76. The topological polar surface area (TPSA) is 129 Å². The number of benzene rings is 1. The molecule has 0 aliphatic rings. The van der Waals surface area contributed by atoms with Gasteiger partial charge in [0.25, 0.3) is 5.91 Å². The van der Waals surface area contributed by atoms with E-state index in [-0.39, 0.29) is 4.90 Å². The van der Waals surface area contributed by atoms with Gasteiger partial charge < -0.3 is 14.5 Å². The number of amides is 1. The van der Waals surface area contributed by atoms with Gasteiger partial charge in [0.2, 0.25) is 10.0 Å². The van der Waals surface area contributed by atoms with Crippen LogP contribution in [0.4, 0.5) is 0 Å². The van der Waals surface area contributed by atoms with E-state index in [1.807, 2.05) is 0 Å². The fraction of sp³-hybridized carbons (Fsp3) is 0.333. The molecule has 2 aromatic rings. The highest BCUT2D eigenvalue weighted by molar-refractivity contribution is 7.89. The summed E-state index contributed by atoms with van der Waals surface area (Å²) in [7, 11) is -3.77. The molecule has 0 aliphatic heterocycles. The molecule has 1 atom stereocenters. The van der Waals surface area contributed by atoms with Crippen molar-refractivity contribution in [2.75, 3.05) is 6.61 Å². The number of sulfonamides is 1. The summed E-state index contributed by atoms with van der Waals surface area (Å²) < 4.78 is 33.0. The van der Waals surface area contributed by atoms with Crippen molar-refractivity contribution < 1.29 is 27.2 Å². The van der Waals surface area contributed by atoms with Crippen molar-refractivity contribution in [1.29, 1.82) is 0 Å². The van der Waals surface area contributed by atoms with Gasteiger partial charge in [-0.05, 0) is 45.4 Å². The molecule has 0 bridgehead atoms. The lowest BCUT2D eigenvalue weighted by Gasteiger charge is -2.15. The van der Waals surface area contributed by atoms with Crippen LogP contribution in [0.15, 0.2) is 33.6 Å². The minimum absolute atomic E-state index is 0.0140. The molecule has 3 N–H and O–H groups in total. The Morgan fingerprint density at radius 3 is 2.22 bits per heavy atom. The van der Waals surface area contributed by atoms with Crippen LogP contribution in [-0.2, 0) is 19.6 Å². The Morgan fingerprint density at radius 1 is 1.15 bits per heavy atom. The van der Waals surface area contributed by atoms with Crippen LogP contribution in [0, 0.1) is 20.8 Å². The Balaban J connectivity index is 1.94. The van der Waals surface area contributed by atoms with E-state index >= 15 is 0 Å². The first-order valence-corrected chi connectivity index (χ1v) is 9.71. The van der Waals surface area contributed by atoms with Gasteiger partial charge >= 0.3 is 5.97 Å². The van der Waals surface area contributed by atoms with Crippen molar-refractivity contribution in [3.8, 4) is 0 Å². The maximum Gasteiger partial charge on any atom is 0.342 e. The molecule has 1 aromatic heterocycles. The number of ether oxygens (including phenoxy) is 1. The Hall–Kier alpha value is -2.65. The molecule has 27 heavy (non-hydrogen) atoms. The van der Waals surface area contributed by atoms with Gasteiger partial charge in [-0.25, -0.2) is 18.4 Å². The van der Waals surface area contributed by atoms with Crippen molar-refractivity contribution in [1.82, 2.24) is 5.32 Å². The molecule has 1 aromatic carbocycles. The standard InChI is InChI=1S/C18H22N2O6S/c1-10-12(3)26-13(4)17(10)18(22)25-9-16(21)20-11(2)14-5-7-15(8-6-14)27(19,23)24/h5-8,11H,9H2,1-4H3,(H,20,21)(H2,19,23,24)/t11-/m0/s1. The monoisotopic (exact) mass is 394 g/mol. The molecule has 0 saturated carbocycles. The van der Waals surface area contributed by atoms with E-state index in [4.69, 9.17) is 14.3 Å². The zero-order valence-corrected chi connectivity index (χ0v) is 16.3. The van der Waals surface area contributed by atoms with Crippen molar-refractivity contribution in [3.05, 3.63) is 52.5 Å². The summed E-state index contributed by atoms with van der Waals surface area (Å²) in [4.78, 5) is 24.2.